The molecule has 1 unspecified atom stereocenters. The molecule has 2 heterocycles. The quantitative estimate of drug-likeness (QED) is 0.317. The molecule has 1 aliphatic carbocycles. The molecule has 3 aromatic carbocycles. The van der Waals surface area contributed by atoms with Gasteiger partial charge in [-0.2, -0.15) is 0 Å². The highest BCUT2D eigenvalue weighted by atomic mass is 16.5. The lowest BCUT2D eigenvalue weighted by Crippen LogP contribution is -2.48. The van der Waals surface area contributed by atoms with Gasteiger partial charge in [0.2, 0.25) is 5.91 Å². The highest BCUT2D eigenvalue weighted by Gasteiger charge is 2.40. The van der Waals surface area contributed by atoms with E-state index in [0.29, 0.717) is 17.2 Å². The fraction of sp³-hybridized carbons (Fsp3) is 0.250. The van der Waals surface area contributed by atoms with E-state index in [2.05, 4.69) is 47.1 Å². The zero-order chi connectivity index (χ0) is 27.8. The number of rotatable bonds is 7. The predicted molar refractivity (Wildman–Crippen MR) is 155 cm³/mol. The molecule has 1 aromatic heterocycles. The maximum absolute atomic E-state index is 14.3. The standard InChI is InChI=1S/C32H32N4O4/c1-21-10-12-22(13-11-21)31-28-9-6-18-34(28)26-7-4-5-8-27(26)36(31)30(37)20-35(23-14-15-23)32(38)33-25-17-16-24(39-2)19-29(25)40-3/h4-13,16-19,23,31H,14-15,20H2,1-3H3,(H,33,38). The summed E-state index contributed by atoms with van der Waals surface area (Å²) in [6.07, 6.45) is 3.76. The lowest BCUT2D eigenvalue weighted by Gasteiger charge is -2.39. The molecule has 1 aliphatic heterocycles. The van der Waals surface area contributed by atoms with Gasteiger partial charge in [-0.05, 0) is 61.7 Å². The monoisotopic (exact) mass is 536 g/mol. The molecule has 1 fully saturated rings. The fourth-order valence-electron chi connectivity index (χ4n) is 5.39. The molecular weight excluding hydrogens is 504 g/mol. The second kappa shape index (κ2) is 10.4. The molecule has 8 heteroatoms. The zero-order valence-corrected chi connectivity index (χ0v) is 22.8. The van der Waals surface area contributed by atoms with Crippen LogP contribution in [0.4, 0.5) is 16.2 Å². The summed E-state index contributed by atoms with van der Waals surface area (Å²) in [5.41, 5.74) is 5.43. The zero-order valence-electron chi connectivity index (χ0n) is 22.8. The normalized spacial score (nSPS) is 15.6. The van der Waals surface area contributed by atoms with Gasteiger partial charge in [0.25, 0.3) is 0 Å². The number of ether oxygens (including phenoxy) is 2. The van der Waals surface area contributed by atoms with Crippen molar-refractivity contribution in [1.29, 1.82) is 0 Å². The molecule has 1 N–H and O–H groups in total. The third-order valence-electron chi connectivity index (χ3n) is 7.59. The van der Waals surface area contributed by atoms with E-state index < -0.39 is 0 Å². The molecule has 3 amide bonds. The van der Waals surface area contributed by atoms with E-state index in [1.165, 1.54) is 0 Å². The van der Waals surface area contributed by atoms with Crippen LogP contribution >= 0.6 is 0 Å². The van der Waals surface area contributed by atoms with Crippen LogP contribution in [0.1, 0.15) is 35.7 Å². The number of carbonyl (C=O) groups is 2. The smallest absolute Gasteiger partial charge is 0.322 e. The minimum Gasteiger partial charge on any atom is -0.497 e. The van der Waals surface area contributed by atoms with E-state index >= 15 is 0 Å². The van der Waals surface area contributed by atoms with E-state index in [4.69, 9.17) is 9.47 Å². The van der Waals surface area contributed by atoms with Crippen LogP contribution in [0.15, 0.2) is 85.1 Å². The fourth-order valence-corrected chi connectivity index (χ4v) is 5.39. The summed E-state index contributed by atoms with van der Waals surface area (Å²) in [6, 6.07) is 24.8. The van der Waals surface area contributed by atoms with Crippen molar-refractivity contribution in [3.63, 3.8) is 0 Å². The summed E-state index contributed by atoms with van der Waals surface area (Å²) < 4.78 is 12.9. The lowest BCUT2D eigenvalue weighted by atomic mass is 9.97. The Morgan fingerprint density at radius 1 is 0.925 bits per heavy atom. The number of hydrogen-bond acceptors (Lipinski definition) is 4. The van der Waals surface area contributed by atoms with Crippen LogP contribution < -0.4 is 19.7 Å². The minimum absolute atomic E-state index is 0.00918. The van der Waals surface area contributed by atoms with Crippen molar-refractivity contribution in [2.24, 2.45) is 0 Å². The number of para-hydroxylation sites is 2. The van der Waals surface area contributed by atoms with Gasteiger partial charge in [-0.3, -0.25) is 9.69 Å². The number of nitrogens with zero attached hydrogens (tertiary/aromatic N) is 3. The first-order valence-electron chi connectivity index (χ1n) is 13.4. The number of aryl methyl sites for hydroxylation is 1. The van der Waals surface area contributed by atoms with Crippen molar-refractivity contribution < 1.29 is 19.1 Å². The molecule has 0 spiro atoms. The molecule has 6 rings (SSSR count). The van der Waals surface area contributed by atoms with Crippen molar-refractivity contribution >= 4 is 23.3 Å². The van der Waals surface area contributed by atoms with Crippen LogP contribution in [0.3, 0.4) is 0 Å². The SMILES string of the molecule is COc1ccc(NC(=O)N(CC(=O)N2c3ccccc3-n3cccc3C2c2ccc(C)cc2)C2CC2)c(OC)c1. The van der Waals surface area contributed by atoms with Gasteiger partial charge in [0.1, 0.15) is 24.1 Å². The molecule has 0 saturated heterocycles. The first-order valence-corrected chi connectivity index (χ1v) is 13.4. The van der Waals surface area contributed by atoms with Crippen molar-refractivity contribution in [2.75, 3.05) is 31.0 Å². The average molecular weight is 537 g/mol. The molecule has 1 atom stereocenters. The Morgan fingerprint density at radius 3 is 2.38 bits per heavy atom. The minimum atomic E-state index is -0.333. The summed E-state index contributed by atoms with van der Waals surface area (Å²) in [6.45, 7) is 2.00. The Bertz CT molecular complexity index is 1560. The van der Waals surface area contributed by atoms with Crippen molar-refractivity contribution in [1.82, 2.24) is 9.47 Å². The number of methoxy groups -OCH3 is 2. The second-order valence-electron chi connectivity index (χ2n) is 10.2. The van der Waals surface area contributed by atoms with Crippen LogP contribution in [0.25, 0.3) is 5.69 Å². The van der Waals surface area contributed by atoms with Gasteiger partial charge < -0.3 is 24.3 Å². The summed E-state index contributed by atoms with van der Waals surface area (Å²) in [4.78, 5) is 31.4. The predicted octanol–water partition coefficient (Wildman–Crippen LogP) is 5.94. The van der Waals surface area contributed by atoms with Gasteiger partial charge in [-0.1, -0.05) is 42.0 Å². The van der Waals surface area contributed by atoms with Crippen LogP contribution in [0.5, 0.6) is 11.5 Å². The highest BCUT2D eigenvalue weighted by Crippen LogP contribution is 2.42. The molecular formula is C32H32N4O4. The van der Waals surface area contributed by atoms with Gasteiger partial charge in [-0.25, -0.2) is 4.79 Å². The van der Waals surface area contributed by atoms with Gasteiger partial charge >= 0.3 is 6.03 Å². The molecule has 8 nitrogen and oxygen atoms in total. The summed E-state index contributed by atoms with van der Waals surface area (Å²) in [5.74, 6) is 0.967. The van der Waals surface area contributed by atoms with Crippen molar-refractivity contribution in [3.05, 3.63) is 102 Å². The van der Waals surface area contributed by atoms with Crippen LogP contribution in [-0.2, 0) is 4.79 Å². The number of anilines is 2. The van der Waals surface area contributed by atoms with E-state index in [9.17, 15) is 9.59 Å². The van der Waals surface area contributed by atoms with Crippen molar-refractivity contribution in [2.45, 2.75) is 31.8 Å². The first kappa shape index (κ1) is 25.6. The van der Waals surface area contributed by atoms with E-state index in [1.807, 2.05) is 41.4 Å². The maximum Gasteiger partial charge on any atom is 0.322 e. The average Bonchev–Trinajstić information content (AvgIpc) is 3.70. The topological polar surface area (TPSA) is 76.0 Å². The van der Waals surface area contributed by atoms with Crippen molar-refractivity contribution in [3.8, 4) is 17.2 Å². The molecule has 0 bridgehead atoms. The van der Waals surface area contributed by atoms with Crippen LogP contribution in [-0.4, -0.2) is 48.2 Å². The lowest BCUT2D eigenvalue weighted by molar-refractivity contribution is -0.119. The maximum atomic E-state index is 14.3. The molecule has 204 valence electrons. The molecule has 40 heavy (non-hydrogen) atoms. The molecule has 1 saturated carbocycles. The Hall–Kier alpha value is -4.72. The summed E-state index contributed by atoms with van der Waals surface area (Å²) >= 11 is 0. The Kier molecular flexibility index (Phi) is 6.67. The van der Waals surface area contributed by atoms with Gasteiger partial charge in [-0.15, -0.1) is 0 Å². The molecule has 4 aromatic rings. The third-order valence-corrected chi connectivity index (χ3v) is 7.59. The highest BCUT2D eigenvalue weighted by molar-refractivity contribution is 6.02. The summed E-state index contributed by atoms with van der Waals surface area (Å²) in [5, 5.41) is 2.95. The first-order chi connectivity index (χ1) is 19.5. The Balaban J connectivity index is 1.33. The number of nitrogens with one attached hydrogen (secondary N) is 1. The number of urea groups is 1. The third kappa shape index (κ3) is 4.66. The second-order valence-corrected chi connectivity index (χ2v) is 10.2. The summed E-state index contributed by atoms with van der Waals surface area (Å²) in [7, 11) is 3.12. The van der Waals surface area contributed by atoms with Gasteiger partial charge in [0.05, 0.1) is 37.0 Å². The number of fused-ring (bicyclic) bond motifs is 3. The molecule has 0 radical (unpaired) electrons. The van der Waals surface area contributed by atoms with E-state index in [-0.39, 0.29) is 30.6 Å². The van der Waals surface area contributed by atoms with E-state index in [0.717, 1.165) is 41.0 Å². The number of benzene rings is 3. The van der Waals surface area contributed by atoms with Gasteiger partial charge in [0, 0.05) is 18.3 Å². The van der Waals surface area contributed by atoms with E-state index in [1.54, 1.807) is 37.3 Å². The Labute approximate surface area is 233 Å². The van der Waals surface area contributed by atoms with Gasteiger partial charge in [0.15, 0.2) is 0 Å². The van der Waals surface area contributed by atoms with Crippen LogP contribution in [0, 0.1) is 6.92 Å². The Morgan fingerprint density at radius 2 is 1.68 bits per heavy atom. The number of carbonyl (C=O) groups excluding carboxylic acids is 2. The number of amides is 3. The molecule has 2 aliphatic rings. The number of aromatic nitrogens is 1. The largest absolute Gasteiger partial charge is 0.497 e. The number of hydrogen-bond donors (Lipinski definition) is 1. The van der Waals surface area contributed by atoms with Crippen LogP contribution in [0.2, 0.25) is 0 Å².